The molecule has 156 valence electrons. The molecule has 30 heavy (non-hydrogen) atoms. The van der Waals surface area contributed by atoms with Crippen molar-refractivity contribution in [3.05, 3.63) is 65.5 Å². The van der Waals surface area contributed by atoms with Crippen molar-refractivity contribution >= 4 is 11.7 Å². The van der Waals surface area contributed by atoms with Crippen molar-refractivity contribution in [2.75, 3.05) is 37.7 Å². The minimum Gasteiger partial charge on any atom is -0.367 e. The van der Waals surface area contributed by atoms with Gasteiger partial charge >= 0.3 is 0 Å². The van der Waals surface area contributed by atoms with Crippen LogP contribution in [-0.4, -0.2) is 63.6 Å². The highest BCUT2D eigenvalue weighted by atomic mass is 16.5. The summed E-state index contributed by atoms with van der Waals surface area (Å²) in [7, 11) is 0. The second-order valence-electron chi connectivity index (χ2n) is 7.43. The van der Waals surface area contributed by atoms with Gasteiger partial charge in [0.15, 0.2) is 11.6 Å². The molecule has 0 aliphatic carbocycles. The van der Waals surface area contributed by atoms with E-state index in [9.17, 15) is 4.79 Å². The van der Waals surface area contributed by atoms with Gasteiger partial charge in [-0.3, -0.25) is 4.79 Å². The van der Waals surface area contributed by atoms with E-state index in [1.165, 1.54) is 0 Å². The summed E-state index contributed by atoms with van der Waals surface area (Å²) in [4.78, 5) is 16.4. The number of nitrogens with zero attached hydrogens (tertiary/aromatic N) is 6. The minimum atomic E-state index is 0.0246. The van der Waals surface area contributed by atoms with Gasteiger partial charge in [-0.1, -0.05) is 30.3 Å². The van der Waals surface area contributed by atoms with Crippen LogP contribution >= 0.6 is 0 Å². The molecule has 1 aliphatic rings. The first-order valence-electron chi connectivity index (χ1n) is 10.1. The van der Waals surface area contributed by atoms with Gasteiger partial charge in [0.2, 0.25) is 5.91 Å². The van der Waals surface area contributed by atoms with Crippen LogP contribution in [0.5, 0.6) is 0 Å². The molecule has 3 heterocycles. The molecule has 3 aromatic rings. The predicted molar refractivity (Wildman–Crippen MR) is 114 cm³/mol. The molecule has 1 amide bonds. The summed E-state index contributed by atoms with van der Waals surface area (Å²) in [6.07, 6.45) is 0. The monoisotopic (exact) mass is 406 g/mol. The molecule has 0 saturated carbocycles. The molecule has 0 radical (unpaired) electrons. The van der Waals surface area contributed by atoms with Gasteiger partial charge in [0.1, 0.15) is 6.61 Å². The van der Waals surface area contributed by atoms with Crippen LogP contribution in [0, 0.1) is 13.8 Å². The van der Waals surface area contributed by atoms with Crippen LogP contribution < -0.4 is 4.90 Å². The van der Waals surface area contributed by atoms with E-state index in [2.05, 4.69) is 20.2 Å². The maximum atomic E-state index is 12.4. The van der Waals surface area contributed by atoms with Crippen molar-refractivity contribution in [1.29, 1.82) is 0 Å². The number of benzene rings is 1. The Balaban J connectivity index is 1.27. The first kappa shape index (κ1) is 20.0. The SMILES string of the molecule is Cc1cc(C)n(-c2ccc(N3CCN(C(=O)COCc4ccccc4)CC3)nn2)n1. The third-order valence-corrected chi connectivity index (χ3v) is 5.16. The Morgan fingerprint density at radius 1 is 0.967 bits per heavy atom. The summed E-state index contributed by atoms with van der Waals surface area (Å²) < 4.78 is 7.37. The number of aryl methyl sites for hydroxylation is 2. The first-order valence-corrected chi connectivity index (χ1v) is 10.1. The van der Waals surface area contributed by atoms with E-state index in [4.69, 9.17) is 4.74 Å². The number of carbonyl (C=O) groups is 1. The Labute approximate surface area is 176 Å². The topological polar surface area (TPSA) is 76.4 Å². The number of piperazine rings is 1. The number of rotatable bonds is 6. The molecule has 0 unspecified atom stereocenters. The van der Waals surface area contributed by atoms with Crippen molar-refractivity contribution in [3.63, 3.8) is 0 Å². The Hall–Kier alpha value is -3.26. The molecule has 1 aliphatic heterocycles. The molecule has 8 nitrogen and oxygen atoms in total. The van der Waals surface area contributed by atoms with Gasteiger partial charge in [0.05, 0.1) is 12.3 Å². The van der Waals surface area contributed by atoms with Gasteiger partial charge < -0.3 is 14.5 Å². The van der Waals surface area contributed by atoms with Crippen LogP contribution in [0.2, 0.25) is 0 Å². The lowest BCUT2D eigenvalue weighted by atomic mass is 10.2. The summed E-state index contributed by atoms with van der Waals surface area (Å²) in [5, 5.41) is 13.1. The highest BCUT2D eigenvalue weighted by Gasteiger charge is 2.22. The second kappa shape index (κ2) is 9.04. The average molecular weight is 406 g/mol. The summed E-state index contributed by atoms with van der Waals surface area (Å²) in [5.41, 5.74) is 3.04. The molecule has 0 N–H and O–H groups in total. The van der Waals surface area contributed by atoms with Gasteiger partial charge in [-0.05, 0) is 37.6 Å². The summed E-state index contributed by atoms with van der Waals surface area (Å²) in [6, 6.07) is 15.8. The van der Waals surface area contributed by atoms with Crippen LogP contribution in [0.3, 0.4) is 0 Å². The molecule has 2 aromatic heterocycles. The zero-order chi connectivity index (χ0) is 20.9. The van der Waals surface area contributed by atoms with E-state index >= 15 is 0 Å². The van der Waals surface area contributed by atoms with Crippen LogP contribution in [0.4, 0.5) is 5.82 Å². The number of aromatic nitrogens is 4. The molecular formula is C22H26N6O2. The van der Waals surface area contributed by atoms with Crippen molar-refractivity contribution in [2.45, 2.75) is 20.5 Å². The molecule has 1 aromatic carbocycles. The Kier molecular flexibility index (Phi) is 6.04. The normalized spacial score (nSPS) is 14.2. The van der Waals surface area contributed by atoms with Crippen molar-refractivity contribution in [3.8, 4) is 5.82 Å². The fourth-order valence-corrected chi connectivity index (χ4v) is 3.57. The molecular weight excluding hydrogens is 380 g/mol. The molecule has 4 rings (SSSR count). The average Bonchev–Trinajstić information content (AvgIpc) is 3.12. The van der Waals surface area contributed by atoms with E-state index in [-0.39, 0.29) is 12.5 Å². The second-order valence-corrected chi connectivity index (χ2v) is 7.43. The van der Waals surface area contributed by atoms with Crippen LogP contribution in [0.25, 0.3) is 5.82 Å². The molecule has 8 heteroatoms. The Morgan fingerprint density at radius 2 is 1.67 bits per heavy atom. The third-order valence-electron chi connectivity index (χ3n) is 5.16. The summed E-state index contributed by atoms with van der Waals surface area (Å²) >= 11 is 0. The van der Waals surface area contributed by atoms with Gasteiger partial charge in [0, 0.05) is 31.9 Å². The van der Waals surface area contributed by atoms with Crippen LogP contribution in [-0.2, 0) is 16.1 Å². The highest BCUT2D eigenvalue weighted by molar-refractivity contribution is 5.77. The lowest BCUT2D eigenvalue weighted by Crippen LogP contribution is -2.50. The fraction of sp³-hybridized carbons (Fsp3) is 0.364. The van der Waals surface area contributed by atoms with E-state index < -0.39 is 0 Å². The Bertz CT molecular complexity index is 979. The molecule has 0 atom stereocenters. The van der Waals surface area contributed by atoms with Gasteiger partial charge in [0.25, 0.3) is 0 Å². The fourth-order valence-electron chi connectivity index (χ4n) is 3.57. The molecule has 1 fully saturated rings. The number of hydrogen-bond donors (Lipinski definition) is 0. The standard InChI is InChI=1S/C22H26N6O2/c1-17-14-18(2)28(25-17)21-9-8-20(23-24-21)26-10-12-27(13-11-26)22(29)16-30-15-19-6-4-3-5-7-19/h3-9,14H,10-13,15-16H2,1-2H3. The summed E-state index contributed by atoms with van der Waals surface area (Å²) in [6.45, 7) is 7.24. The maximum absolute atomic E-state index is 12.4. The van der Waals surface area contributed by atoms with E-state index in [0.29, 0.717) is 25.5 Å². The van der Waals surface area contributed by atoms with Gasteiger partial charge in [-0.25, -0.2) is 4.68 Å². The number of amides is 1. The number of ether oxygens (including phenoxy) is 1. The number of hydrogen-bond acceptors (Lipinski definition) is 6. The largest absolute Gasteiger partial charge is 0.367 e. The van der Waals surface area contributed by atoms with Crippen LogP contribution in [0.1, 0.15) is 17.0 Å². The number of carbonyl (C=O) groups excluding carboxylic acids is 1. The Morgan fingerprint density at radius 3 is 2.30 bits per heavy atom. The van der Waals surface area contributed by atoms with E-state index in [1.807, 2.05) is 67.3 Å². The lowest BCUT2D eigenvalue weighted by molar-refractivity contribution is -0.136. The van der Waals surface area contributed by atoms with E-state index in [0.717, 1.165) is 35.9 Å². The summed E-state index contributed by atoms with van der Waals surface area (Å²) in [5.74, 6) is 1.54. The van der Waals surface area contributed by atoms with Gasteiger partial charge in [-0.2, -0.15) is 5.10 Å². The van der Waals surface area contributed by atoms with Crippen molar-refractivity contribution in [1.82, 2.24) is 24.9 Å². The van der Waals surface area contributed by atoms with Gasteiger partial charge in [-0.15, -0.1) is 10.2 Å². The smallest absolute Gasteiger partial charge is 0.248 e. The third kappa shape index (κ3) is 4.65. The number of anilines is 1. The highest BCUT2D eigenvalue weighted by Crippen LogP contribution is 2.15. The first-order chi connectivity index (χ1) is 14.6. The van der Waals surface area contributed by atoms with Crippen molar-refractivity contribution in [2.24, 2.45) is 0 Å². The van der Waals surface area contributed by atoms with E-state index in [1.54, 1.807) is 4.68 Å². The minimum absolute atomic E-state index is 0.0246. The zero-order valence-corrected chi connectivity index (χ0v) is 17.4. The van der Waals surface area contributed by atoms with Crippen LogP contribution in [0.15, 0.2) is 48.5 Å². The quantitative estimate of drug-likeness (QED) is 0.624. The maximum Gasteiger partial charge on any atom is 0.248 e. The molecule has 1 saturated heterocycles. The molecule has 0 spiro atoms. The van der Waals surface area contributed by atoms with Crippen molar-refractivity contribution < 1.29 is 9.53 Å². The lowest BCUT2D eigenvalue weighted by Gasteiger charge is -2.35. The zero-order valence-electron chi connectivity index (χ0n) is 17.4. The predicted octanol–water partition coefficient (Wildman–Crippen LogP) is 2.14. The molecule has 0 bridgehead atoms.